The van der Waals surface area contributed by atoms with Crippen molar-refractivity contribution < 1.29 is 9.18 Å². The van der Waals surface area contributed by atoms with Gasteiger partial charge in [-0.05, 0) is 49.6 Å². The highest BCUT2D eigenvalue weighted by atomic mass is 32.2. The Labute approximate surface area is 198 Å². The molecule has 1 amide bonds. The Bertz CT molecular complexity index is 1380. The third-order valence-electron chi connectivity index (χ3n) is 5.80. The van der Waals surface area contributed by atoms with Crippen molar-refractivity contribution in [2.75, 3.05) is 18.8 Å². The maximum absolute atomic E-state index is 13.9. The molecule has 1 aliphatic rings. The average molecular weight is 480 g/mol. The molecule has 0 unspecified atom stereocenters. The molecule has 0 saturated carbocycles. The van der Waals surface area contributed by atoms with Crippen molar-refractivity contribution in [1.29, 1.82) is 0 Å². The van der Waals surface area contributed by atoms with Gasteiger partial charge in [0.15, 0.2) is 5.16 Å². The van der Waals surface area contributed by atoms with E-state index in [0.29, 0.717) is 21.1 Å². The molecule has 4 aromatic rings. The van der Waals surface area contributed by atoms with Crippen LogP contribution in [0.4, 0.5) is 4.39 Å². The Morgan fingerprint density at radius 3 is 2.48 bits per heavy atom. The number of hydrogen-bond acceptors (Lipinski definition) is 5. The minimum absolute atomic E-state index is 0.0702. The zero-order valence-corrected chi connectivity index (χ0v) is 19.7. The van der Waals surface area contributed by atoms with Gasteiger partial charge in [0.05, 0.1) is 16.8 Å². The monoisotopic (exact) mass is 479 g/mol. The highest BCUT2D eigenvalue weighted by Crippen LogP contribution is 2.37. The largest absolute Gasteiger partial charge is 0.342 e. The zero-order chi connectivity index (χ0) is 22.9. The van der Waals surface area contributed by atoms with E-state index in [-0.39, 0.29) is 23.0 Å². The lowest BCUT2D eigenvalue weighted by Gasteiger charge is -2.16. The molecule has 0 N–H and O–H groups in total. The van der Waals surface area contributed by atoms with Gasteiger partial charge >= 0.3 is 0 Å². The second-order valence-electron chi connectivity index (χ2n) is 7.97. The first-order chi connectivity index (χ1) is 16.0. The molecule has 0 atom stereocenters. The van der Waals surface area contributed by atoms with Gasteiger partial charge in [-0.25, -0.2) is 9.37 Å². The predicted octanol–water partition coefficient (Wildman–Crippen LogP) is 5.28. The quantitative estimate of drug-likeness (QED) is 0.289. The molecule has 168 valence electrons. The number of aromatic nitrogens is 2. The van der Waals surface area contributed by atoms with Gasteiger partial charge in [-0.1, -0.05) is 42.1 Å². The third-order valence-corrected chi connectivity index (χ3v) is 7.72. The zero-order valence-electron chi connectivity index (χ0n) is 18.1. The number of amides is 1. The predicted molar refractivity (Wildman–Crippen MR) is 132 cm³/mol. The van der Waals surface area contributed by atoms with E-state index in [4.69, 9.17) is 4.98 Å². The maximum atomic E-state index is 13.9. The summed E-state index contributed by atoms with van der Waals surface area (Å²) in [5.41, 5.74) is 2.07. The molecule has 5 rings (SSSR count). The topological polar surface area (TPSA) is 55.2 Å². The summed E-state index contributed by atoms with van der Waals surface area (Å²) in [5.74, 6) is -0.0158. The number of thiophene rings is 1. The van der Waals surface area contributed by atoms with Crippen LogP contribution in [-0.2, 0) is 4.79 Å². The molecule has 2 aromatic carbocycles. The van der Waals surface area contributed by atoms with Gasteiger partial charge in [0.25, 0.3) is 5.56 Å². The summed E-state index contributed by atoms with van der Waals surface area (Å²) >= 11 is 2.74. The number of likely N-dealkylation sites (tertiary alicyclic amines) is 1. The third kappa shape index (κ3) is 4.20. The average Bonchev–Trinajstić information content (AvgIpc) is 3.47. The summed E-state index contributed by atoms with van der Waals surface area (Å²) in [6.07, 6.45) is 2.08. The Balaban J connectivity index is 1.65. The molecule has 1 saturated heterocycles. The van der Waals surface area contributed by atoms with Crippen LogP contribution < -0.4 is 5.56 Å². The van der Waals surface area contributed by atoms with Crippen LogP contribution in [0.3, 0.4) is 0 Å². The van der Waals surface area contributed by atoms with Crippen LogP contribution in [0, 0.1) is 12.7 Å². The summed E-state index contributed by atoms with van der Waals surface area (Å²) in [4.78, 5) is 34.8. The lowest BCUT2D eigenvalue weighted by atomic mass is 10.0. The van der Waals surface area contributed by atoms with Crippen LogP contribution >= 0.6 is 23.1 Å². The van der Waals surface area contributed by atoms with Crippen LogP contribution in [0.1, 0.15) is 17.7 Å². The molecule has 5 nitrogen and oxygen atoms in total. The molecule has 2 aromatic heterocycles. The molecule has 0 aliphatic carbocycles. The maximum Gasteiger partial charge on any atom is 0.268 e. The number of carbonyl (C=O) groups is 1. The number of fused-ring (bicyclic) bond motifs is 1. The van der Waals surface area contributed by atoms with Crippen LogP contribution in [0.15, 0.2) is 64.5 Å². The van der Waals surface area contributed by atoms with Crippen LogP contribution in [0.5, 0.6) is 0 Å². The van der Waals surface area contributed by atoms with Crippen molar-refractivity contribution in [2.45, 2.75) is 24.9 Å². The Morgan fingerprint density at radius 2 is 1.79 bits per heavy atom. The van der Waals surface area contributed by atoms with Gasteiger partial charge in [-0.2, -0.15) is 0 Å². The van der Waals surface area contributed by atoms with Crippen molar-refractivity contribution in [3.8, 4) is 16.8 Å². The molecule has 0 spiro atoms. The van der Waals surface area contributed by atoms with Crippen molar-refractivity contribution in [2.24, 2.45) is 0 Å². The molecule has 1 aliphatic heterocycles. The molecule has 3 heterocycles. The number of hydrogen-bond donors (Lipinski definition) is 0. The van der Waals surface area contributed by atoms with Crippen molar-refractivity contribution in [3.63, 3.8) is 0 Å². The fourth-order valence-electron chi connectivity index (χ4n) is 4.19. The Kier molecular flexibility index (Phi) is 6.03. The standard InChI is InChI=1S/C25H22FN3O2S2/c1-16-21(17-9-11-18(26)12-10-17)22-23(33-16)27-25(32-15-20(30)28-13-5-6-14-28)29(24(22)31)19-7-3-2-4-8-19/h2-4,7-12H,5-6,13-15H2,1H3. The van der Waals surface area contributed by atoms with E-state index in [9.17, 15) is 14.0 Å². The number of para-hydroxylation sites is 1. The molecular formula is C25H22FN3O2S2. The fourth-order valence-corrected chi connectivity index (χ4v) is 6.19. The molecule has 33 heavy (non-hydrogen) atoms. The van der Waals surface area contributed by atoms with Crippen molar-refractivity contribution in [3.05, 3.63) is 75.6 Å². The summed E-state index contributed by atoms with van der Waals surface area (Å²) in [7, 11) is 0. The highest BCUT2D eigenvalue weighted by Gasteiger charge is 2.23. The number of halogens is 1. The number of benzene rings is 2. The lowest BCUT2D eigenvalue weighted by molar-refractivity contribution is -0.127. The van der Waals surface area contributed by atoms with Crippen LogP contribution in [0.25, 0.3) is 27.0 Å². The van der Waals surface area contributed by atoms with E-state index in [1.165, 1.54) is 35.2 Å². The number of thioether (sulfide) groups is 1. The minimum Gasteiger partial charge on any atom is -0.342 e. The smallest absolute Gasteiger partial charge is 0.268 e. The number of carbonyl (C=O) groups excluding carboxylic acids is 1. The summed E-state index contributed by atoms with van der Waals surface area (Å²) in [6, 6.07) is 15.5. The Hall–Kier alpha value is -2.97. The van der Waals surface area contributed by atoms with Gasteiger partial charge in [0, 0.05) is 23.5 Å². The molecular weight excluding hydrogens is 457 g/mol. The van der Waals surface area contributed by atoms with Crippen LogP contribution in [-0.4, -0.2) is 39.2 Å². The van der Waals surface area contributed by atoms with Gasteiger partial charge in [0.2, 0.25) is 5.91 Å². The van der Waals surface area contributed by atoms with E-state index < -0.39 is 0 Å². The van der Waals surface area contributed by atoms with E-state index >= 15 is 0 Å². The first kappa shape index (κ1) is 21.9. The number of rotatable bonds is 5. The molecule has 1 fully saturated rings. The normalized spacial score (nSPS) is 13.7. The first-order valence-corrected chi connectivity index (χ1v) is 12.6. The minimum atomic E-state index is -0.322. The van der Waals surface area contributed by atoms with E-state index in [0.717, 1.165) is 41.9 Å². The summed E-state index contributed by atoms with van der Waals surface area (Å²) in [6.45, 7) is 3.53. The second-order valence-corrected chi connectivity index (χ2v) is 10.1. The van der Waals surface area contributed by atoms with Crippen LogP contribution in [0.2, 0.25) is 0 Å². The Morgan fingerprint density at radius 1 is 1.09 bits per heavy atom. The lowest BCUT2D eigenvalue weighted by Crippen LogP contribution is -2.29. The SMILES string of the molecule is Cc1sc2nc(SCC(=O)N3CCCC3)n(-c3ccccc3)c(=O)c2c1-c1ccc(F)cc1. The summed E-state index contributed by atoms with van der Waals surface area (Å²) < 4.78 is 15.1. The summed E-state index contributed by atoms with van der Waals surface area (Å²) in [5, 5.41) is 1.02. The number of aryl methyl sites for hydroxylation is 1. The van der Waals surface area contributed by atoms with E-state index in [2.05, 4.69) is 0 Å². The molecule has 8 heteroatoms. The second kappa shape index (κ2) is 9.11. The van der Waals surface area contributed by atoms with Gasteiger partial charge in [-0.15, -0.1) is 11.3 Å². The van der Waals surface area contributed by atoms with Gasteiger partial charge < -0.3 is 4.90 Å². The van der Waals surface area contributed by atoms with Gasteiger partial charge in [-0.3, -0.25) is 14.2 Å². The van der Waals surface area contributed by atoms with E-state index in [1.807, 2.05) is 42.2 Å². The van der Waals surface area contributed by atoms with Gasteiger partial charge in [0.1, 0.15) is 10.6 Å². The van der Waals surface area contributed by atoms with E-state index in [1.54, 1.807) is 16.7 Å². The molecule has 0 bridgehead atoms. The fraction of sp³-hybridized carbons (Fsp3) is 0.240. The number of nitrogens with zero attached hydrogens (tertiary/aromatic N) is 3. The van der Waals surface area contributed by atoms with Crippen molar-refractivity contribution >= 4 is 39.2 Å². The first-order valence-electron chi connectivity index (χ1n) is 10.8. The highest BCUT2D eigenvalue weighted by molar-refractivity contribution is 7.99. The van der Waals surface area contributed by atoms with Crippen molar-refractivity contribution in [1.82, 2.24) is 14.5 Å². The molecule has 0 radical (unpaired) electrons.